The standard InChI is InChI=1S/C18H14F3N3O2/c1-10-7-11(2)9-13(8-10)15(25)22-17-24-23-16(26-17)12-3-5-14(6-4-12)18(19,20)21/h3-9H,1-2H3,(H,22,24,25). The molecule has 1 heterocycles. The summed E-state index contributed by atoms with van der Waals surface area (Å²) in [5.74, 6) is -0.408. The largest absolute Gasteiger partial charge is 0.416 e. The van der Waals surface area contributed by atoms with Crippen LogP contribution < -0.4 is 5.32 Å². The highest BCUT2D eigenvalue weighted by Crippen LogP contribution is 2.31. The van der Waals surface area contributed by atoms with E-state index in [0.717, 1.165) is 23.3 Å². The van der Waals surface area contributed by atoms with Gasteiger partial charge in [-0.25, -0.2) is 0 Å². The Morgan fingerprint density at radius 1 is 1.00 bits per heavy atom. The predicted molar refractivity (Wildman–Crippen MR) is 88.6 cm³/mol. The lowest BCUT2D eigenvalue weighted by Crippen LogP contribution is -2.12. The fourth-order valence-electron chi connectivity index (χ4n) is 2.47. The Morgan fingerprint density at radius 2 is 1.62 bits per heavy atom. The first-order valence-electron chi connectivity index (χ1n) is 7.63. The van der Waals surface area contributed by atoms with Crippen LogP contribution in [0.15, 0.2) is 46.9 Å². The zero-order valence-electron chi connectivity index (χ0n) is 13.9. The number of amides is 1. The molecule has 0 aliphatic rings. The van der Waals surface area contributed by atoms with Crippen molar-refractivity contribution in [3.05, 3.63) is 64.7 Å². The Hall–Kier alpha value is -3.16. The summed E-state index contributed by atoms with van der Waals surface area (Å²) in [4.78, 5) is 12.3. The van der Waals surface area contributed by atoms with Crippen molar-refractivity contribution in [1.82, 2.24) is 10.2 Å². The van der Waals surface area contributed by atoms with Crippen LogP contribution in [0.1, 0.15) is 27.0 Å². The highest BCUT2D eigenvalue weighted by atomic mass is 19.4. The van der Waals surface area contributed by atoms with Crippen LogP contribution in [-0.2, 0) is 6.18 Å². The third-order valence-electron chi connectivity index (χ3n) is 3.59. The van der Waals surface area contributed by atoms with Crippen LogP contribution in [-0.4, -0.2) is 16.1 Å². The number of halogens is 3. The third-order valence-corrected chi connectivity index (χ3v) is 3.59. The van der Waals surface area contributed by atoms with Crippen molar-refractivity contribution in [3.8, 4) is 11.5 Å². The molecule has 0 saturated carbocycles. The summed E-state index contributed by atoms with van der Waals surface area (Å²) in [5.41, 5.74) is 1.86. The van der Waals surface area contributed by atoms with Gasteiger partial charge in [0.1, 0.15) is 0 Å². The first-order chi connectivity index (χ1) is 12.2. The number of carbonyl (C=O) groups is 1. The molecule has 1 amide bonds. The molecule has 3 aromatic rings. The highest BCUT2D eigenvalue weighted by Gasteiger charge is 2.30. The number of hydrogen-bond donors (Lipinski definition) is 1. The molecule has 1 N–H and O–H groups in total. The maximum Gasteiger partial charge on any atom is 0.416 e. The first-order valence-corrected chi connectivity index (χ1v) is 7.63. The second kappa shape index (κ2) is 6.62. The van der Waals surface area contributed by atoms with Gasteiger partial charge in [0, 0.05) is 11.1 Å². The summed E-state index contributed by atoms with van der Waals surface area (Å²) in [5, 5.41) is 9.93. The van der Waals surface area contributed by atoms with Crippen LogP contribution >= 0.6 is 0 Å². The van der Waals surface area contributed by atoms with Crippen LogP contribution in [0.4, 0.5) is 19.2 Å². The second-order valence-electron chi connectivity index (χ2n) is 5.82. The van der Waals surface area contributed by atoms with Crippen molar-refractivity contribution in [2.75, 3.05) is 5.32 Å². The van der Waals surface area contributed by atoms with Crippen molar-refractivity contribution in [2.24, 2.45) is 0 Å². The SMILES string of the molecule is Cc1cc(C)cc(C(=O)Nc2nnc(-c3ccc(C(F)(F)F)cc3)o2)c1. The highest BCUT2D eigenvalue weighted by molar-refractivity contribution is 6.03. The van der Waals surface area contributed by atoms with E-state index in [1.165, 1.54) is 12.1 Å². The first kappa shape index (κ1) is 17.7. The number of carbonyl (C=O) groups excluding carboxylic acids is 1. The number of benzene rings is 2. The lowest BCUT2D eigenvalue weighted by Gasteiger charge is -2.06. The van der Waals surface area contributed by atoms with Crippen molar-refractivity contribution in [1.29, 1.82) is 0 Å². The summed E-state index contributed by atoms with van der Waals surface area (Å²) in [7, 11) is 0. The maximum absolute atomic E-state index is 12.6. The van der Waals surface area contributed by atoms with E-state index < -0.39 is 17.6 Å². The monoisotopic (exact) mass is 361 g/mol. The maximum atomic E-state index is 12.6. The van der Waals surface area contributed by atoms with Crippen molar-refractivity contribution >= 4 is 11.9 Å². The molecule has 8 heteroatoms. The Labute approximate surface area is 146 Å². The fraction of sp³-hybridized carbons (Fsp3) is 0.167. The molecule has 5 nitrogen and oxygen atoms in total. The molecule has 0 saturated heterocycles. The van der Waals surface area contributed by atoms with E-state index in [-0.39, 0.29) is 11.9 Å². The van der Waals surface area contributed by atoms with Crippen LogP contribution in [0.2, 0.25) is 0 Å². The minimum atomic E-state index is -4.42. The molecule has 0 aliphatic heterocycles. The molecule has 0 unspecified atom stereocenters. The number of anilines is 1. The zero-order valence-corrected chi connectivity index (χ0v) is 13.9. The van der Waals surface area contributed by atoms with Gasteiger partial charge in [0.2, 0.25) is 5.89 Å². The lowest BCUT2D eigenvalue weighted by molar-refractivity contribution is -0.137. The van der Waals surface area contributed by atoms with Gasteiger partial charge in [0.25, 0.3) is 5.91 Å². The summed E-state index contributed by atoms with van der Waals surface area (Å²) < 4.78 is 43.1. The molecule has 0 spiro atoms. The number of rotatable bonds is 3. The summed E-state index contributed by atoms with van der Waals surface area (Å²) >= 11 is 0. The quantitative estimate of drug-likeness (QED) is 0.739. The molecule has 26 heavy (non-hydrogen) atoms. The van der Waals surface area contributed by atoms with Crippen LogP contribution in [0.3, 0.4) is 0 Å². The van der Waals surface area contributed by atoms with Crippen molar-refractivity contribution < 1.29 is 22.4 Å². The van der Waals surface area contributed by atoms with Gasteiger partial charge < -0.3 is 4.42 Å². The number of nitrogens with zero attached hydrogens (tertiary/aromatic N) is 2. The van der Waals surface area contributed by atoms with Gasteiger partial charge in [-0.3, -0.25) is 10.1 Å². The van der Waals surface area contributed by atoms with E-state index in [9.17, 15) is 18.0 Å². The van der Waals surface area contributed by atoms with E-state index >= 15 is 0 Å². The van der Waals surface area contributed by atoms with Crippen LogP contribution in [0, 0.1) is 13.8 Å². The summed E-state index contributed by atoms with van der Waals surface area (Å²) in [6, 6.07) is 9.54. The topological polar surface area (TPSA) is 68.0 Å². The van der Waals surface area contributed by atoms with E-state index in [1.54, 1.807) is 12.1 Å². The van der Waals surface area contributed by atoms with Gasteiger partial charge in [0.15, 0.2) is 0 Å². The van der Waals surface area contributed by atoms with E-state index in [4.69, 9.17) is 4.42 Å². The Kier molecular flexibility index (Phi) is 4.50. The normalized spacial score (nSPS) is 11.4. The molecular formula is C18H14F3N3O2. The smallest absolute Gasteiger partial charge is 0.403 e. The molecule has 0 atom stereocenters. The second-order valence-corrected chi connectivity index (χ2v) is 5.82. The molecular weight excluding hydrogens is 347 g/mol. The summed E-state index contributed by atoms with van der Waals surface area (Å²) in [6.45, 7) is 3.75. The van der Waals surface area contributed by atoms with Gasteiger partial charge in [-0.2, -0.15) is 13.2 Å². The Morgan fingerprint density at radius 3 is 2.19 bits per heavy atom. The molecule has 134 valence electrons. The molecule has 2 aromatic carbocycles. The molecule has 0 radical (unpaired) electrons. The number of aryl methyl sites for hydroxylation is 2. The number of hydrogen-bond acceptors (Lipinski definition) is 4. The van der Waals surface area contributed by atoms with E-state index in [0.29, 0.717) is 11.1 Å². The lowest BCUT2D eigenvalue weighted by atomic mass is 10.1. The average Bonchev–Trinajstić information content (AvgIpc) is 3.01. The fourth-order valence-corrected chi connectivity index (χ4v) is 2.47. The van der Waals surface area contributed by atoms with Crippen molar-refractivity contribution in [3.63, 3.8) is 0 Å². The Bertz CT molecular complexity index is 927. The van der Waals surface area contributed by atoms with Crippen molar-refractivity contribution in [2.45, 2.75) is 20.0 Å². The number of nitrogens with one attached hydrogen (secondary N) is 1. The molecule has 0 fully saturated rings. The minimum absolute atomic E-state index is 0.00875. The van der Waals surface area contributed by atoms with Gasteiger partial charge in [-0.15, -0.1) is 5.10 Å². The molecule has 0 aliphatic carbocycles. The average molecular weight is 361 g/mol. The molecule has 1 aromatic heterocycles. The zero-order chi connectivity index (χ0) is 18.9. The van der Waals surface area contributed by atoms with Crippen LogP contribution in [0.25, 0.3) is 11.5 Å². The van der Waals surface area contributed by atoms with E-state index in [2.05, 4.69) is 15.5 Å². The van der Waals surface area contributed by atoms with E-state index in [1.807, 2.05) is 19.9 Å². The van der Waals surface area contributed by atoms with Gasteiger partial charge >= 0.3 is 12.2 Å². The Balaban J connectivity index is 1.76. The predicted octanol–water partition coefficient (Wildman–Crippen LogP) is 4.62. The van der Waals surface area contributed by atoms with Crippen LogP contribution in [0.5, 0.6) is 0 Å². The van der Waals surface area contributed by atoms with Gasteiger partial charge in [-0.1, -0.05) is 22.3 Å². The van der Waals surface area contributed by atoms with Gasteiger partial charge in [0.05, 0.1) is 5.56 Å². The third kappa shape index (κ3) is 3.90. The number of alkyl halides is 3. The minimum Gasteiger partial charge on any atom is -0.403 e. The summed E-state index contributed by atoms with van der Waals surface area (Å²) in [6.07, 6.45) is -4.42. The van der Waals surface area contributed by atoms with Gasteiger partial charge in [-0.05, 0) is 50.2 Å². The number of aromatic nitrogens is 2. The molecule has 3 rings (SSSR count). The molecule has 0 bridgehead atoms.